The van der Waals surface area contributed by atoms with Gasteiger partial charge in [-0.25, -0.2) is 9.97 Å². The van der Waals surface area contributed by atoms with Crippen molar-refractivity contribution in [2.75, 3.05) is 19.9 Å². The van der Waals surface area contributed by atoms with E-state index in [1.807, 2.05) is 12.1 Å². The number of aromatic nitrogens is 3. The highest BCUT2D eigenvalue weighted by Gasteiger charge is 2.24. The van der Waals surface area contributed by atoms with E-state index in [-0.39, 0.29) is 11.3 Å². The number of nitrogens with zero attached hydrogens (tertiary/aromatic N) is 3. The summed E-state index contributed by atoms with van der Waals surface area (Å²) in [7, 11) is 3.48. The molecule has 1 atom stereocenters. The lowest BCUT2D eigenvalue weighted by atomic mass is 9.98. The van der Waals surface area contributed by atoms with Crippen molar-refractivity contribution < 1.29 is 9.29 Å². The van der Waals surface area contributed by atoms with Gasteiger partial charge in [-0.05, 0) is 53.0 Å². The van der Waals surface area contributed by atoms with Gasteiger partial charge in [-0.3, -0.25) is 4.79 Å². The predicted octanol–water partition coefficient (Wildman–Crippen LogP) is 2.87. The minimum Gasteiger partial charge on any atom is -0.616 e. The summed E-state index contributed by atoms with van der Waals surface area (Å²) in [5.41, 5.74) is 2.64. The molecular formula is C24H27N5O3S. The monoisotopic (exact) mass is 465 g/mol. The van der Waals surface area contributed by atoms with E-state index in [1.165, 1.54) is 10.8 Å². The van der Waals surface area contributed by atoms with Crippen molar-refractivity contribution in [3.8, 4) is 17.0 Å². The molecular weight excluding hydrogens is 438 g/mol. The van der Waals surface area contributed by atoms with Gasteiger partial charge < -0.3 is 24.6 Å². The van der Waals surface area contributed by atoms with E-state index in [1.54, 1.807) is 45.0 Å². The molecule has 33 heavy (non-hydrogen) atoms. The second-order valence-electron chi connectivity index (χ2n) is 8.22. The molecule has 0 aliphatic heterocycles. The van der Waals surface area contributed by atoms with Crippen LogP contribution in [0.25, 0.3) is 27.6 Å². The summed E-state index contributed by atoms with van der Waals surface area (Å²) in [6, 6.07) is 5.50. The summed E-state index contributed by atoms with van der Waals surface area (Å²) in [5, 5.41) is 12.0. The summed E-state index contributed by atoms with van der Waals surface area (Å²) in [4.78, 5) is 22.0. The Kier molecular flexibility index (Phi) is 6.80. The van der Waals surface area contributed by atoms with E-state index in [9.17, 15) is 9.35 Å². The number of fused-ring (bicyclic) bond motifs is 1. The van der Waals surface area contributed by atoms with Crippen LogP contribution in [0, 0.1) is 11.3 Å². The van der Waals surface area contributed by atoms with Crippen molar-refractivity contribution >= 4 is 33.7 Å². The van der Waals surface area contributed by atoms with Crippen molar-refractivity contribution in [2.45, 2.75) is 18.6 Å². The molecule has 0 saturated heterocycles. The second-order valence-corrected chi connectivity index (χ2v) is 9.66. The van der Waals surface area contributed by atoms with Gasteiger partial charge in [0.05, 0.1) is 19.1 Å². The summed E-state index contributed by atoms with van der Waals surface area (Å²) < 4.78 is 19.4. The normalized spacial score (nSPS) is 14.8. The molecule has 0 bridgehead atoms. The number of hydrogen-bond donors (Lipinski definition) is 2. The summed E-state index contributed by atoms with van der Waals surface area (Å²) >= 11 is -1.10. The van der Waals surface area contributed by atoms with Crippen LogP contribution in [0.3, 0.4) is 0 Å². The average Bonchev–Trinajstić information content (AvgIpc) is 3.63. The predicted molar refractivity (Wildman–Crippen MR) is 132 cm³/mol. The zero-order valence-corrected chi connectivity index (χ0v) is 19.7. The molecule has 4 rings (SSSR count). The quantitative estimate of drug-likeness (QED) is 0.371. The summed E-state index contributed by atoms with van der Waals surface area (Å²) in [6.45, 7) is 0.590. The van der Waals surface area contributed by atoms with Crippen LogP contribution in [0.15, 0.2) is 41.6 Å². The van der Waals surface area contributed by atoms with E-state index in [4.69, 9.17) is 15.1 Å². The number of nitrogens with one attached hydrogen (secondary N) is 2. The van der Waals surface area contributed by atoms with Gasteiger partial charge in [0.1, 0.15) is 5.69 Å². The van der Waals surface area contributed by atoms with Gasteiger partial charge in [0, 0.05) is 49.2 Å². The number of rotatable bonds is 9. The number of pyridine rings is 1. The minimum atomic E-state index is -1.10. The van der Waals surface area contributed by atoms with Crippen LogP contribution < -0.4 is 15.6 Å². The van der Waals surface area contributed by atoms with Crippen LogP contribution in [-0.2, 0) is 24.0 Å². The van der Waals surface area contributed by atoms with Gasteiger partial charge in [0.15, 0.2) is 17.3 Å². The first-order chi connectivity index (χ1) is 15.9. The van der Waals surface area contributed by atoms with Crippen LogP contribution in [0.5, 0.6) is 5.75 Å². The molecule has 8 nitrogen and oxygen atoms in total. The maximum atomic E-state index is 12.9. The SMILES string of the molecule is CN/C=C(\C=N)c1ccc2c(=O)n(C)cc(-c3nc(C[S+](C)[O-])ncc3OCC3CC3)c2c1. The molecule has 1 aliphatic rings. The Balaban J connectivity index is 1.94. The largest absolute Gasteiger partial charge is 0.616 e. The molecule has 1 aromatic carbocycles. The third-order valence-corrected chi connectivity index (χ3v) is 6.20. The lowest BCUT2D eigenvalue weighted by Crippen LogP contribution is -2.17. The Bertz CT molecular complexity index is 1280. The van der Waals surface area contributed by atoms with Gasteiger partial charge in [0.2, 0.25) is 0 Å². The maximum Gasteiger partial charge on any atom is 0.258 e. The average molecular weight is 466 g/mol. The highest BCUT2D eigenvalue weighted by atomic mass is 32.2. The first kappa shape index (κ1) is 23.0. The fourth-order valence-corrected chi connectivity index (χ4v) is 4.15. The number of ether oxygens (including phenoxy) is 1. The van der Waals surface area contributed by atoms with E-state index in [0.29, 0.717) is 46.1 Å². The van der Waals surface area contributed by atoms with Crippen molar-refractivity contribution in [2.24, 2.45) is 13.0 Å². The van der Waals surface area contributed by atoms with Gasteiger partial charge >= 0.3 is 0 Å². The van der Waals surface area contributed by atoms with Gasteiger partial charge in [0.25, 0.3) is 5.56 Å². The van der Waals surface area contributed by atoms with Gasteiger partial charge in [-0.2, -0.15) is 0 Å². The van der Waals surface area contributed by atoms with Gasteiger partial charge in [-0.1, -0.05) is 6.07 Å². The lowest BCUT2D eigenvalue weighted by Gasteiger charge is -2.15. The maximum absolute atomic E-state index is 12.9. The smallest absolute Gasteiger partial charge is 0.258 e. The molecule has 0 radical (unpaired) electrons. The Morgan fingerprint density at radius 1 is 1.39 bits per heavy atom. The number of aryl methyl sites for hydroxylation is 1. The Hall–Kier alpha value is -3.17. The van der Waals surface area contributed by atoms with Crippen LogP contribution in [-0.4, -0.2) is 45.2 Å². The van der Waals surface area contributed by atoms with Crippen molar-refractivity contribution in [1.82, 2.24) is 19.9 Å². The topological polar surface area (TPSA) is 116 Å². The molecule has 9 heteroatoms. The molecule has 1 saturated carbocycles. The Morgan fingerprint density at radius 2 is 2.18 bits per heavy atom. The first-order valence-corrected chi connectivity index (χ1v) is 12.4. The number of hydrogen-bond acceptors (Lipinski definition) is 7. The number of benzene rings is 1. The fourth-order valence-electron chi connectivity index (χ4n) is 3.65. The molecule has 1 aliphatic carbocycles. The van der Waals surface area contributed by atoms with E-state index < -0.39 is 11.2 Å². The molecule has 0 spiro atoms. The molecule has 0 amide bonds. The molecule has 2 heterocycles. The van der Waals surface area contributed by atoms with E-state index in [2.05, 4.69) is 10.3 Å². The lowest BCUT2D eigenvalue weighted by molar-refractivity contribution is 0.298. The molecule has 2 N–H and O–H groups in total. The Labute approximate surface area is 195 Å². The zero-order chi connectivity index (χ0) is 23.5. The van der Waals surface area contributed by atoms with Gasteiger partial charge in [-0.15, -0.1) is 0 Å². The van der Waals surface area contributed by atoms with Crippen LogP contribution >= 0.6 is 0 Å². The minimum absolute atomic E-state index is 0.126. The van der Waals surface area contributed by atoms with Crippen LogP contribution in [0.4, 0.5) is 0 Å². The first-order valence-electron chi connectivity index (χ1n) is 10.7. The molecule has 3 aromatic rings. The van der Waals surface area contributed by atoms with Crippen molar-refractivity contribution in [3.05, 3.63) is 58.5 Å². The van der Waals surface area contributed by atoms with Crippen LogP contribution in [0.1, 0.15) is 24.2 Å². The summed E-state index contributed by atoms with van der Waals surface area (Å²) in [5.74, 6) is 1.77. The van der Waals surface area contributed by atoms with E-state index in [0.717, 1.165) is 24.0 Å². The Morgan fingerprint density at radius 3 is 2.85 bits per heavy atom. The van der Waals surface area contributed by atoms with Crippen LogP contribution in [0.2, 0.25) is 0 Å². The molecule has 172 valence electrons. The highest BCUT2D eigenvalue weighted by molar-refractivity contribution is 7.89. The second kappa shape index (κ2) is 9.76. The molecule has 2 aromatic heterocycles. The number of allylic oxidation sites excluding steroid dienone is 1. The van der Waals surface area contributed by atoms with E-state index >= 15 is 0 Å². The summed E-state index contributed by atoms with van der Waals surface area (Å²) in [6.07, 6.45) is 10.3. The van der Waals surface area contributed by atoms with Crippen molar-refractivity contribution in [1.29, 1.82) is 5.41 Å². The molecule has 1 fully saturated rings. The standard InChI is InChI=1S/C24H27N5O3S/c1-26-10-17(9-25)16-6-7-18-19(8-16)20(12-29(2)24(18)30)23-21(32-13-15-4-5-15)11-27-22(28-23)14-33(3)31/h6-12,15,25-26H,4-5,13-14H2,1-3H3/b17-10+,25-9?. The fraction of sp³-hybridized carbons (Fsp3) is 0.333. The third-order valence-electron chi connectivity index (χ3n) is 5.54. The zero-order valence-electron chi connectivity index (χ0n) is 18.9. The third kappa shape index (κ3) is 5.09. The highest BCUT2D eigenvalue weighted by Crippen LogP contribution is 2.35. The van der Waals surface area contributed by atoms with Crippen molar-refractivity contribution in [3.63, 3.8) is 0 Å². The molecule has 1 unspecified atom stereocenters.